The van der Waals surface area contributed by atoms with E-state index in [4.69, 9.17) is 28.4 Å². The maximum atomic E-state index is 14.1. The van der Waals surface area contributed by atoms with Crippen LogP contribution in [0, 0.1) is 0 Å². The van der Waals surface area contributed by atoms with E-state index in [-0.39, 0.29) is 77.3 Å². The van der Waals surface area contributed by atoms with Crippen molar-refractivity contribution in [2.45, 2.75) is 70.4 Å². The number of aromatic nitrogens is 2. The molecule has 4 amide bonds. The summed E-state index contributed by atoms with van der Waals surface area (Å²) in [5.74, 6) is -1.11. The van der Waals surface area contributed by atoms with Crippen molar-refractivity contribution in [3.63, 3.8) is 0 Å². The van der Waals surface area contributed by atoms with Crippen molar-refractivity contribution in [3.05, 3.63) is 59.4 Å². The van der Waals surface area contributed by atoms with E-state index in [1.165, 1.54) is 29.5 Å². The van der Waals surface area contributed by atoms with E-state index >= 15 is 0 Å². The first kappa shape index (κ1) is 40.2. The van der Waals surface area contributed by atoms with Crippen molar-refractivity contribution in [3.8, 4) is 11.5 Å². The van der Waals surface area contributed by atoms with Crippen molar-refractivity contribution in [2.24, 2.45) is 7.05 Å². The first-order valence-corrected chi connectivity index (χ1v) is 19.4. The summed E-state index contributed by atoms with van der Waals surface area (Å²) in [6.45, 7) is 6.63. The summed E-state index contributed by atoms with van der Waals surface area (Å²) < 4.78 is 36.2. The van der Waals surface area contributed by atoms with E-state index < -0.39 is 36.5 Å². The molecule has 3 aliphatic rings. The number of nitrogens with zero attached hydrogens (tertiary/aromatic N) is 4. The molecule has 2 saturated heterocycles. The average molecular weight is 795 g/mol. The van der Waals surface area contributed by atoms with E-state index in [0.717, 1.165) is 30.6 Å². The summed E-state index contributed by atoms with van der Waals surface area (Å²) in [6.07, 6.45) is 5.11. The molecule has 2 aromatic heterocycles. The molecule has 1 aromatic carbocycles. The zero-order valence-electron chi connectivity index (χ0n) is 31.6. The lowest BCUT2D eigenvalue weighted by Gasteiger charge is -2.38. The lowest BCUT2D eigenvalue weighted by Crippen LogP contribution is -2.54. The van der Waals surface area contributed by atoms with E-state index in [2.05, 4.69) is 22.2 Å². The van der Waals surface area contributed by atoms with Crippen molar-refractivity contribution >= 4 is 57.6 Å². The van der Waals surface area contributed by atoms with Crippen LogP contribution < -0.4 is 25.0 Å². The Kier molecular flexibility index (Phi) is 13.2. The smallest absolute Gasteiger partial charge is 0.416 e. The number of carbonyl (C=O) groups is 5. The molecule has 5 heterocycles. The summed E-state index contributed by atoms with van der Waals surface area (Å²) in [5.41, 5.74) is 1.24. The van der Waals surface area contributed by atoms with Crippen molar-refractivity contribution in [2.75, 3.05) is 55.6 Å². The number of rotatable bonds is 15. The minimum Gasteiger partial charge on any atom is -0.493 e. The van der Waals surface area contributed by atoms with Gasteiger partial charge in [0.25, 0.3) is 11.8 Å². The summed E-state index contributed by atoms with van der Waals surface area (Å²) in [4.78, 5) is 72.8. The fraction of sp³-hybridized carbons (Fsp3) is 0.474. The zero-order valence-corrected chi connectivity index (χ0v) is 32.4. The maximum absolute atomic E-state index is 14.1. The summed E-state index contributed by atoms with van der Waals surface area (Å²) in [7, 11) is 3.12. The Morgan fingerprint density at radius 3 is 2.68 bits per heavy atom. The second-order valence-corrected chi connectivity index (χ2v) is 14.1. The third-order valence-corrected chi connectivity index (χ3v) is 10.2. The predicted octanol–water partition coefficient (Wildman–Crippen LogP) is 5.33. The molecule has 0 aliphatic carbocycles. The second-order valence-electron chi connectivity index (χ2n) is 13.2. The van der Waals surface area contributed by atoms with Crippen LogP contribution in [0.4, 0.5) is 21.3 Å². The normalized spacial score (nSPS) is 19.0. The number of hydrogen-bond donors (Lipinski definition) is 2. The Morgan fingerprint density at radius 2 is 1.93 bits per heavy atom. The predicted molar refractivity (Wildman–Crippen MR) is 204 cm³/mol. The molecule has 6 rings (SSSR count). The van der Waals surface area contributed by atoms with Crippen molar-refractivity contribution in [1.82, 2.24) is 14.5 Å². The Morgan fingerprint density at radius 1 is 1.09 bits per heavy atom. The zero-order chi connectivity index (χ0) is 39.8. The number of aryl methyl sites for hydroxylation is 1. The van der Waals surface area contributed by atoms with Crippen LogP contribution >= 0.6 is 11.3 Å². The molecule has 2 N–H and O–H groups in total. The van der Waals surface area contributed by atoms with E-state index in [0.29, 0.717) is 38.1 Å². The van der Waals surface area contributed by atoms with Gasteiger partial charge in [0.2, 0.25) is 5.91 Å². The highest BCUT2D eigenvalue weighted by molar-refractivity contribution is 7.14. The van der Waals surface area contributed by atoms with E-state index in [1.807, 2.05) is 0 Å². The lowest BCUT2D eigenvalue weighted by molar-refractivity contribution is -0.195. The number of amides is 4. The molecule has 0 spiro atoms. The van der Waals surface area contributed by atoms with Gasteiger partial charge in [0.1, 0.15) is 12.3 Å². The molecule has 3 atom stereocenters. The Hall–Kier alpha value is -5.46. The van der Waals surface area contributed by atoms with Crippen LogP contribution in [0.15, 0.2) is 42.4 Å². The number of methoxy groups -OCH3 is 1. The summed E-state index contributed by atoms with van der Waals surface area (Å²) >= 11 is 1.09. The number of ether oxygens (including phenoxy) is 6. The summed E-state index contributed by atoms with van der Waals surface area (Å²) in [5, 5.41) is 7.18. The largest absolute Gasteiger partial charge is 0.493 e. The molecule has 2 unspecified atom stereocenters. The Bertz CT molecular complexity index is 1940. The molecule has 0 radical (unpaired) electrons. The Labute approximate surface area is 327 Å². The molecular formula is C38H46N6O11S. The van der Waals surface area contributed by atoms with E-state index in [1.54, 1.807) is 41.8 Å². The van der Waals surface area contributed by atoms with Gasteiger partial charge in [-0.3, -0.25) is 19.7 Å². The number of nitrogens with one attached hydrogen (secondary N) is 2. The second kappa shape index (κ2) is 18.4. The Balaban J connectivity index is 1.12. The molecule has 18 heteroatoms. The van der Waals surface area contributed by atoms with Gasteiger partial charge in [0.15, 0.2) is 34.8 Å². The molecule has 0 bridgehead atoms. The topological polar surface area (TPSA) is 189 Å². The minimum atomic E-state index is -0.894. The van der Waals surface area contributed by atoms with Crippen molar-refractivity contribution in [1.29, 1.82) is 0 Å². The van der Waals surface area contributed by atoms with Crippen LogP contribution in [-0.4, -0.2) is 103 Å². The van der Waals surface area contributed by atoms with Crippen LogP contribution in [0.3, 0.4) is 0 Å². The van der Waals surface area contributed by atoms with Gasteiger partial charge in [-0.2, -0.15) is 0 Å². The number of anilines is 3. The van der Waals surface area contributed by atoms with Gasteiger partial charge >= 0.3 is 12.1 Å². The monoisotopic (exact) mass is 794 g/mol. The van der Waals surface area contributed by atoms with Gasteiger partial charge in [0, 0.05) is 44.3 Å². The SMILES string of the molecule is C=CCOC(=O)N1c2cc(OCCCC(=O)Nc3cc(C(=O)Nc4nc(C(=O)OCC)cs4)n(C)c3)c(OC)cc2C(=O)N2CCC[C@H]2C1OC1CCCCO1. The molecular weight excluding hydrogens is 749 g/mol. The van der Waals surface area contributed by atoms with Gasteiger partial charge in [-0.15, -0.1) is 11.3 Å². The van der Waals surface area contributed by atoms with E-state index in [9.17, 15) is 24.0 Å². The minimum absolute atomic E-state index is 0.0509. The van der Waals surface area contributed by atoms with Crippen LogP contribution in [0.5, 0.6) is 11.5 Å². The van der Waals surface area contributed by atoms with Gasteiger partial charge in [-0.25, -0.2) is 19.5 Å². The van der Waals surface area contributed by atoms with Gasteiger partial charge in [-0.1, -0.05) is 12.7 Å². The fourth-order valence-electron chi connectivity index (χ4n) is 6.81. The van der Waals surface area contributed by atoms with Crippen molar-refractivity contribution < 1.29 is 52.4 Å². The summed E-state index contributed by atoms with van der Waals surface area (Å²) in [6, 6.07) is 4.21. The van der Waals surface area contributed by atoms with Gasteiger partial charge < -0.3 is 43.2 Å². The molecule has 2 fully saturated rings. The number of esters is 1. The molecule has 0 saturated carbocycles. The fourth-order valence-corrected chi connectivity index (χ4v) is 7.49. The molecule has 17 nitrogen and oxygen atoms in total. The van der Waals surface area contributed by atoms with Crippen LogP contribution in [0.2, 0.25) is 0 Å². The van der Waals surface area contributed by atoms with Crippen LogP contribution in [0.1, 0.15) is 83.2 Å². The quantitative estimate of drug-likeness (QED) is 0.114. The highest BCUT2D eigenvalue weighted by Crippen LogP contribution is 2.42. The highest BCUT2D eigenvalue weighted by atomic mass is 32.1. The number of hydrogen-bond acceptors (Lipinski definition) is 13. The lowest BCUT2D eigenvalue weighted by atomic mass is 10.1. The van der Waals surface area contributed by atoms with Crippen LogP contribution in [0.25, 0.3) is 0 Å². The highest BCUT2D eigenvalue weighted by Gasteiger charge is 2.48. The third kappa shape index (κ3) is 9.14. The average Bonchev–Trinajstić information content (AvgIpc) is 3.95. The number of fused-ring (bicyclic) bond motifs is 2. The van der Waals surface area contributed by atoms with Crippen LogP contribution in [-0.2, 0) is 30.8 Å². The molecule has 3 aromatic rings. The third-order valence-electron chi connectivity index (χ3n) is 9.40. The maximum Gasteiger partial charge on any atom is 0.416 e. The number of carbonyl (C=O) groups excluding carboxylic acids is 5. The number of thiazole rings is 1. The molecule has 3 aliphatic heterocycles. The molecule has 300 valence electrons. The van der Waals surface area contributed by atoms with Gasteiger partial charge in [0.05, 0.1) is 43.3 Å². The first-order chi connectivity index (χ1) is 27.1. The molecule has 56 heavy (non-hydrogen) atoms. The number of benzene rings is 1. The first-order valence-electron chi connectivity index (χ1n) is 18.5. The van der Waals surface area contributed by atoms with Gasteiger partial charge in [-0.05, 0) is 57.6 Å². The standard InChI is InChI=1S/C38H46N6O11S/c1-5-15-54-38(49)44-27-20-30(29(50-4)19-24(27)34(47)43-14-9-11-26(43)35(44)55-32-13-7-8-16-53-32)52-17-10-12-31(45)39-23-18-28(42(3)21-23)33(46)41-37-40-25(22-56-37)36(48)51-6-2/h5,18-22,26,32,35H,1,6-17H2,2-4H3,(H,39,45)(H,40,41,46)/t26-,32?,35?/m0/s1.